The zero-order valence-electron chi connectivity index (χ0n) is 10.0. The molecule has 0 spiro atoms. The molecule has 20 heavy (non-hydrogen) atoms. The Morgan fingerprint density at radius 2 is 1.75 bits per heavy atom. The number of fused-ring (bicyclic) bond motifs is 1. The smallest absolute Gasteiger partial charge is 0.261 e. The Bertz CT molecular complexity index is 854. The first-order valence-corrected chi connectivity index (χ1v) is 6.49. The molecule has 0 radical (unpaired) electrons. The van der Waals surface area contributed by atoms with Crippen molar-refractivity contribution < 1.29 is 5.11 Å². The Morgan fingerprint density at radius 1 is 1.05 bits per heavy atom. The molecule has 100 valence electrons. The van der Waals surface area contributed by atoms with Gasteiger partial charge < -0.3 is 10.1 Å². The minimum absolute atomic E-state index is 0.0427. The third kappa shape index (κ3) is 1.94. The van der Waals surface area contributed by atoms with Crippen LogP contribution in [0, 0.1) is 0 Å². The molecule has 0 bridgehead atoms. The number of nitrogens with zero attached hydrogens (tertiary/aromatic N) is 1. The maximum absolute atomic E-state index is 12.2. The van der Waals surface area contributed by atoms with E-state index in [4.69, 9.17) is 23.2 Å². The summed E-state index contributed by atoms with van der Waals surface area (Å²) in [5.74, 6) is -0.188. The monoisotopic (exact) mass is 306 g/mol. The number of hydrogen-bond acceptors (Lipinski definition) is 3. The van der Waals surface area contributed by atoms with Crippen LogP contribution >= 0.6 is 23.2 Å². The predicted molar refractivity (Wildman–Crippen MR) is 79.5 cm³/mol. The van der Waals surface area contributed by atoms with E-state index in [2.05, 4.69) is 9.97 Å². The van der Waals surface area contributed by atoms with Crippen LogP contribution < -0.4 is 5.56 Å². The zero-order chi connectivity index (χ0) is 14.3. The lowest BCUT2D eigenvalue weighted by atomic mass is 10.0. The third-order valence-corrected chi connectivity index (χ3v) is 3.60. The zero-order valence-corrected chi connectivity index (χ0v) is 11.5. The van der Waals surface area contributed by atoms with Gasteiger partial charge in [0.2, 0.25) is 0 Å². The van der Waals surface area contributed by atoms with Crippen LogP contribution in [0.1, 0.15) is 0 Å². The summed E-state index contributed by atoms with van der Waals surface area (Å²) in [5.41, 5.74) is 0.159. The summed E-state index contributed by atoms with van der Waals surface area (Å²) in [4.78, 5) is 18.8. The maximum Gasteiger partial charge on any atom is 0.261 e. The van der Waals surface area contributed by atoms with Crippen LogP contribution in [-0.2, 0) is 0 Å². The molecular weight excluding hydrogens is 299 g/mol. The Balaban J connectivity index is 2.46. The molecular formula is C14H8Cl2N2O2. The van der Waals surface area contributed by atoms with Gasteiger partial charge in [0.15, 0.2) is 0 Å². The number of aromatic hydroxyl groups is 1. The van der Waals surface area contributed by atoms with Crippen LogP contribution in [0.3, 0.4) is 0 Å². The first-order valence-electron chi connectivity index (χ1n) is 5.74. The van der Waals surface area contributed by atoms with E-state index in [1.165, 1.54) is 6.20 Å². The van der Waals surface area contributed by atoms with Crippen molar-refractivity contribution in [3.63, 3.8) is 0 Å². The van der Waals surface area contributed by atoms with Crippen LogP contribution in [0.4, 0.5) is 0 Å². The van der Waals surface area contributed by atoms with Crippen LogP contribution in [0.25, 0.3) is 22.2 Å². The quantitative estimate of drug-likeness (QED) is 0.722. The summed E-state index contributed by atoms with van der Waals surface area (Å²) in [7, 11) is 0. The molecule has 0 saturated carbocycles. The highest BCUT2D eigenvalue weighted by molar-refractivity contribution is 6.39. The van der Waals surface area contributed by atoms with Gasteiger partial charge in [0.05, 0.1) is 21.0 Å². The highest BCUT2D eigenvalue weighted by Crippen LogP contribution is 2.39. The number of H-pyrrole nitrogens is 1. The SMILES string of the molecule is O=c1[nH]c2ncccc2c(O)c1-c1c(Cl)cccc1Cl. The molecule has 0 fully saturated rings. The Kier molecular flexibility index (Phi) is 3.12. The normalized spacial score (nSPS) is 10.9. The van der Waals surface area contributed by atoms with Crippen molar-refractivity contribution in [3.05, 3.63) is 56.9 Å². The van der Waals surface area contributed by atoms with Gasteiger partial charge in [0.25, 0.3) is 5.56 Å². The summed E-state index contributed by atoms with van der Waals surface area (Å²) in [6.07, 6.45) is 1.53. The van der Waals surface area contributed by atoms with Crippen LogP contribution in [0.5, 0.6) is 5.75 Å². The molecule has 0 atom stereocenters. The molecule has 2 heterocycles. The number of nitrogens with one attached hydrogen (secondary N) is 1. The van der Waals surface area contributed by atoms with Gasteiger partial charge in [-0.1, -0.05) is 29.3 Å². The van der Waals surface area contributed by atoms with Crippen molar-refractivity contribution in [1.29, 1.82) is 0 Å². The molecule has 0 aliphatic heterocycles. The van der Waals surface area contributed by atoms with Crippen molar-refractivity contribution in [3.8, 4) is 16.9 Å². The Morgan fingerprint density at radius 3 is 2.45 bits per heavy atom. The summed E-state index contributed by atoms with van der Waals surface area (Å²) < 4.78 is 0. The molecule has 6 heteroatoms. The number of aromatic nitrogens is 2. The van der Waals surface area contributed by atoms with E-state index in [9.17, 15) is 9.90 Å². The van der Waals surface area contributed by atoms with Crippen molar-refractivity contribution in [2.24, 2.45) is 0 Å². The van der Waals surface area contributed by atoms with Crippen molar-refractivity contribution >= 4 is 34.2 Å². The Labute approximate surface area is 123 Å². The van der Waals surface area contributed by atoms with Crippen LogP contribution in [0.2, 0.25) is 10.0 Å². The fraction of sp³-hybridized carbons (Fsp3) is 0. The fourth-order valence-electron chi connectivity index (χ4n) is 2.08. The molecule has 3 rings (SSSR count). The van der Waals surface area contributed by atoms with Gasteiger partial charge in [-0.2, -0.15) is 0 Å². The summed E-state index contributed by atoms with van der Waals surface area (Å²) in [6, 6.07) is 8.20. The molecule has 0 aliphatic carbocycles. The second-order valence-corrected chi connectivity index (χ2v) is 4.99. The van der Waals surface area contributed by atoms with E-state index in [-0.39, 0.29) is 11.3 Å². The first kappa shape index (κ1) is 13.0. The summed E-state index contributed by atoms with van der Waals surface area (Å²) in [6.45, 7) is 0. The van der Waals surface area contributed by atoms with Gasteiger partial charge in [0, 0.05) is 11.8 Å². The molecule has 0 amide bonds. The molecule has 2 N–H and O–H groups in total. The second kappa shape index (κ2) is 4.81. The van der Waals surface area contributed by atoms with E-state index in [0.29, 0.717) is 26.6 Å². The highest BCUT2D eigenvalue weighted by atomic mass is 35.5. The number of aromatic amines is 1. The average Bonchev–Trinajstić information content (AvgIpc) is 2.42. The fourth-order valence-corrected chi connectivity index (χ4v) is 2.66. The number of pyridine rings is 2. The van der Waals surface area contributed by atoms with Gasteiger partial charge in [-0.25, -0.2) is 4.98 Å². The van der Waals surface area contributed by atoms with Gasteiger partial charge in [0.1, 0.15) is 11.4 Å². The minimum atomic E-state index is -0.497. The van der Waals surface area contributed by atoms with Crippen molar-refractivity contribution in [1.82, 2.24) is 9.97 Å². The largest absolute Gasteiger partial charge is 0.506 e. The topological polar surface area (TPSA) is 66.0 Å². The third-order valence-electron chi connectivity index (χ3n) is 2.97. The lowest BCUT2D eigenvalue weighted by molar-refractivity contribution is 0.482. The maximum atomic E-state index is 12.2. The van der Waals surface area contributed by atoms with E-state index >= 15 is 0 Å². The van der Waals surface area contributed by atoms with Crippen LogP contribution in [-0.4, -0.2) is 15.1 Å². The molecule has 2 aromatic heterocycles. The summed E-state index contributed by atoms with van der Waals surface area (Å²) >= 11 is 12.2. The van der Waals surface area contributed by atoms with Crippen molar-refractivity contribution in [2.45, 2.75) is 0 Å². The molecule has 1 aromatic carbocycles. The standard InChI is InChI=1S/C14H8Cl2N2O2/c15-8-4-1-5-9(16)10(8)11-12(19)7-3-2-6-17-13(7)18-14(11)20/h1-6H,(H2,17,18,19,20). The minimum Gasteiger partial charge on any atom is -0.506 e. The first-order chi connectivity index (χ1) is 9.59. The van der Waals surface area contributed by atoms with Gasteiger partial charge in [-0.05, 0) is 24.3 Å². The molecule has 0 saturated heterocycles. The average molecular weight is 307 g/mol. The lowest BCUT2D eigenvalue weighted by Crippen LogP contribution is -2.10. The van der Waals surface area contributed by atoms with Crippen molar-refractivity contribution in [2.75, 3.05) is 0 Å². The van der Waals surface area contributed by atoms with Crippen LogP contribution in [0.15, 0.2) is 41.3 Å². The molecule has 3 aromatic rings. The predicted octanol–water partition coefficient (Wildman–Crippen LogP) is 3.60. The van der Waals surface area contributed by atoms with Gasteiger partial charge in [-0.15, -0.1) is 0 Å². The van der Waals surface area contributed by atoms with Gasteiger partial charge >= 0.3 is 0 Å². The second-order valence-electron chi connectivity index (χ2n) is 4.17. The number of halogens is 2. The molecule has 0 aliphatic rings. The lowest BCUT2D eigenvalue weighted by Gasteiger charge is -2.10. The van der Waals surface area contributed by atoms with E-state index < -0.39 is 5.56 Å². The number of benzene rings is 1. The van der Waals surface area contributed by atoms with Gasteiger partial charge in [-0.3, -0.25) is 4.79 Å². The molecule has 0 unspecified atom stereocenters. The highest BCUT2D eigenvalue weighted by Gasteiger charge is 2.19. The number of rotatable bonds is 1. The molecule has 4 nitrogen and oxygen atoms in total. The Hall–Kier alpha value is -2.04. The van der Waals surface area contributed by atoms with E-state index in [1.54, 1.807) is 30.3 Å². The number of hydrogen-bond donors (Lipinski definition) is 2. The summed E-state index contributed by atoms with van der Waals surface area (Å²) in [5, 5.41) is 11.4. The van der Waals surface area contributed by atoms with E-state index in [0.717, 1.165) is 0 Å². The van der Waals surface area contributed by atoms with E-state index in [1.807, 2.05) is 0 Å².